The normalized spacial score (nSPS) is 23.1. The number of rotatable bonds is 3. The molecular formula is C8H10ClN3O4S2. The molecule has 1 aromatic rings. The smallest absolute Gasteiger partial charge is 0.229 e. The number of halogens is 1. The zero-order valence-corrected chi connectivity index (χ0v) is 11.5. The fourth-order valence-corrected chi connectivity index (χ4v) is 4.65. The topological polar surface area (TPSA) is 106 Å². The van der Waals surface area contributed by atoms with Crippen molar-refractivity contribution >= 4 is 31.5 Å². The van der Waals surface area contributed by atoms with E-state index in [0.29, 0.717) is 0 Å². The lowest BCUT2D eigenvalue weighted by Crippen LogP contribution is -2.35. The predicted molar refractivity (Wildman–Crippen MR) is 64.4 cm³/mol. The summed E-state index contributed by atoms with van der Waals surface area (Å²) in [5, 5.41) is -0.0580. The van der Waals surface area contributed by atoms with Gasteiger partial charge in [0.2, 0.25) is 15.3 Å². The van der Waals surface area contributed by atoms with Gasteiger partial charge in [-0.15, -0.1) is 0 Å². The summed E-state index contributed by atoms with van der Waals surface area (Å²) in [5.74, 6) is -0.183. The molecular weight excluding hydrogens is 302 g/mol. The van der Waals surface area contributed by atoms with Crippen LogP contribution in [-0.2, 0) is 19.9 Å². The monoisotopic (exact) mass is 311 g/mol. The summed E-state index contributed by atoms with van der Waals surface area (Å²) in [6.07, 6.45) is 2.41. The Hall–Kier alpha value is -0.770. The minimum atomic E-state index is -3.81. The number of nitrogens with one attached hydrogen (secondary N) is 1. The average molecular weight is 312 g/mol. The van der Waals surface area contributed by atoms with Crippen LogP contribution in [0.1, 0.15) is 6.42 Å². The molecule has 1 aromatic heterocycles. The Labute approximate surface area is 110 Å². The predicted octanol–water partition coefficient (Wildman–Crippen LogP) is -0.405. The molecule has 0 aliphatic carbocycles. The zero-order chi connectivity index (χ0) is 13.4. The van der Waals surface area contributed by atoms with Crippen molar-refractivity contribution in [3.8, 4) is 0 Å². The number of sulfonamides is 1. The summed E-state index contributed by atoms with van der Waals surface area (Å²) in [6.45, 7) is 0. The summed E-state index contributed by atoms with van der Waals surface area (Å²) in [5.41, 5.74) is 0. The summed E-state index contributed by atoms with van der Waals surface area (Å²) in [4.78, 5) is 6.99. The Morgan fingerprint density at radius 3 is 2.44 bits per heavy atom. The van der Waals surface area contributed by atoms with E-state index in [1.54, 1.807) is 0 Å². The van der Waals surface area contributed by atoms with Gasteiger partial charge >= 0.3 is 0 Å². The van der Waals surface area contributed by atoms with Crippen LogP contribution in [0.25, 0.3) is 0 Å². The Kier molecular flexibility index (Phi) is 3.58. The van der Waals surface area contributed by atoms with E-state index in [4.69, 9.17) is 11.6 Å². The van der Waals surface area contributed by atoms with Crippen LogP contribution >= 0.6 is 11.6 Å². The largest absolute Gasteiger partial charge is 0.243 e. The van der Waals surface area contributed by atoms with E-state index in [2.05, 4.69) is 14.7 Å². The van der Waals surface area contributed by atoms with Gasteiger partial charge in [0, 0.05) is 6.04 Å². The van der Waals surface area contributed by atoms with E-state index < -0.39 is 25.9 Å². The molecule has 2 heterocycles. The Balaban J connectivity index is 2.16. The highest BCUT2D eigenvalue weighted by Crippen LogP contribution is 2.15. The minimum Gasteiger partial charge on any atom is -0.229 e. The first-order chi connectivity index (χ1) is 8.28. The van der Waals surface area contributed by atoms with Crippen molar-refractivity contribution in [3.05, 3.63) is 17.7 Å². The Morgan fingerprint density at radius 2 is 1.94 bits per heavy atom. The number of nitrogens with zero attached hydrogens (tertiary/aromatic N) is 2. The molecule has 7 nitrogen and oxygen atoms in total. The second-order valence-electron chi connectivity index (χ2n) is 3.91. The van der Waals surface area contributed by atoms with Crippen molar-refractivity contribution in [1.29, 1.82) is 0 Å². The molecule has 0 saturated carbocycles. The highest BCUT2D eigenvalue weighted by Gasteiger charge is 2.31. The van der Waals surface area contributed by atoms with Crippen molar-refractivity contribution in [1.82, 2.24) is 14.7 Å². The molecule has 1 atom stereocenters. The van der Waals surface area contributed by atoms with Crippen LogP contribution in [0.2, 0.25) is 5.28 Å². The first kappa shape index (κ1) is 13.7. The number of aromatic nitrogens is 2. The number of hydrogen-bond acceptors (Lipinski definition) is 6. The molecule has 10 heteroatoms. The standard InChI is InChI=1S/C8H10ClN3O4S2/c9-8-10-3-7(4-11-8)18(15,16)12-6-1-2-17(13,14)5-6/h3-4,6,12H,1-2,5H2. The summed E-state index contributed by atoms with van der Waals surface area (Å²) >= 11 is 5.45. The van der Waals surface area contributed by atoms with Crippen molar-refractivity contribution in [2.24, 2.45) is 0 Å². The third-order valence-electron chi connectivity index (χ3n) is 2.46. The van der Waals surface area contributed by atoms with E-state index in [-0.39, 0.29) is 28.1 Å². The van der Waals surface area contributed by atoms with Gasteiger partial charge < -0.3 is 0 Å². The van der Waals surface area contributed by atoms with Crippen LogP contribution in [0.3, 0.4) is 0 Å². The van der Waals surface area contributed by atoms with Crippen LogP contribution in [0.5, 0.6) is 0 Å². The van der Waals surface area contributed by atoms with E-state index in [1.807, 2.05) is 0 Å². The van der Waals surface area contributed by atoms with Crippen LogP contribution in [0.15, 0.2) is 17.3 Å². The quantitative estimate of drug-likeness (QED) is 0.761. The fourth-order valence-electron chi connectivity index (χ4n) is 1.61. The van der Waals surface area contributed by atoms with Crippen molar-refractivity contribution in [2.45, 2.75) is 17.4 Å². The van der Waals surface area contributed by atoms with Gasteiger partial charge in [-0.3, -0.25) is 0 Å². The molecule has 18 heavy (non-hydrogen) atoms. The van der Waals surface area contributed by atoms with Gasteiger partial charge in [-0.2, -0.15) is 0 Å². The molecule has 0 amide bonds. The molecule has 1 aliphatic heterocycles. The van der Waals surface area contributed by atoms with Gasteiger partial charge in [-0.05, 0) is 18.0 Å². The van der Waals surface area contributed by atoms with Crippen molar-refractivity contribution < 1.29 is 16.8 Å². The molecule has 0 bridgehead atoms. The second kappa shape index (κ2) is 4.72. The maximum Gasteiger partial charge on any atom is 0.243 e. The highest BCUT2D eigenvalue weighted by molar-refractivity contribution is 7.92. The molecule has 1 saturated heterocycles. The molecule has 1 fully saturated rings. The summed E-state index contributed by atoms with van der Waals surface area (Å²) < 4.78 is 48.5. The summed E-state index contributed by atoms with van der Waals surface area (Å²) in [6, 6.07) is -0.601. The Morgan fingerprint density at radius 1 is 1.33 bits per heavy atom. The van der Waals surface area contributed by atoms with Crippen molar-refractivity contribution in [2.75, 3.05) is 11.5 Å². The van der Waals surface area contributed by atoms with Gasteiger partial charge in [-0.25, -0.2) is 31.5 Å². The van der Waals surface area contributed by atoms with Crippen LogP contribution in [-0.4, -0.2) is 44.4 Å². The first-order valence-corrected chi connectivity index (χ1v) is 8.67. The average Bonchev–Trinajstić information content (AvgIpc) is 2.57. The van der Waals surface area contributed by atoms with Gasteiger partial charge in [0.25, 0.3) is 0 Å². The number of sulfone groups is 1. The Bertz CT molecular complexity index is 641. The molecule has 1 N–H and O–H groups in total. The molecule has 1 unspecified atom stereocenters. The molecule has 0 radical (unpaired) electrons. The van der Waals surface area contributed by atoms with E-state index in [0.717, 1.165) is 12.4 Å². The fraction of sp³-hybridized carbons (Fsp3) is 0.500. The minimum absolute atomic E-state index is 0.00267. The lowest BCUT2D eigenvalue weighted by atomic mass is 10.3. The lowest BCUT2D eigenvalue weighted by molar-refractivity contribution is 0.561. The third-order valence-corrected chi connectivity index (χ3v) is 5.90. The number of hydrogen-bond donors (Lipinski definition) is 1. The van der Waals surface area contributed by atoms with Gasteiger partial charge in [0.15, 0.2) is 9.84 Å². The van der Waals surface area contributed by atoms with Crippen LogP contribution < -0.4 is 4.72 Å². The second-order valence-corrected chi connectivity index (χ2v) is 8.19. The highest BCUT2D eigenvalue weighted by atomic mass is 35.5. The molecule has 2 rings (SSSR count). The van der Waals surface area contributed by atoms with Gasteiger partial charge in [0.1, 0.15) is 4.90 Å². The SMILES string of the molecule is O=S1(=O)CCC(NS(=O)(=O)c2cnc(Cl)nc2)C1. The zero-order valence-electron chi connectivity index (χ0n) is 9.08. The van der Waals surface area contributed by atoms with E-state index in [1.165, 1.54) is 0 Å². The molecule has 1 aliphatic rings. The molecule has 100 valence electrons. The van der Waals surface area contributed by atoms with Gasteiger partial charge in [-0.1, -0.05) is 0 Å². The van der Waals surface area contributed by atoms with E-state index in [9.17, 15) is 16.8 Å². The lowest BCUT2D eigenvalue weighted by Gasteiger charge is -2.10. The van der Waals surface area contributed by atoms with Crippen LogP contribution in [0.4, 0.5) is 0 Å². The third kappa shape index (κ3) is 3.16. The maximum absolute atomic E-state index is 11.9. The molecule has 0 spiro atoms. The summed E-state index contributed by atoms with van der Waals surface area (Å²) in [7, 11) is -6.94. The molecule has 0 aromatic carbocycles. The van der Waals surface area contributed by atoms with Gasteiger partial charge in [0.05, 0.1) is 23.9 Å². The van der Waals surface area contributed by atoms with Crippen LogP contribution in [0, 0.1) is 0 Å². The van der Waals surface area contributed by atoms with Crippen molar-refractivity contribution in [3.63, 3.8) is 0 Å². The van der Waals surface area contributed by atoms with E-state index >= 15 is 0 Å². The maximum atomic E-state index is 11.9. The first-order valence-electron chi connectivity index (χ1n) is 4.99.